The van der Waals surface area contributed by atoms with E-state index in [0.717, 1.165) is 20.3 Å². The first-order valence-corrected chi connectivity index (χ1v) is 8.63. The highest BCUT2D eigenvalue weighted by Gasteiger charge is 2.13. The van der Waals surface area contributed by atoms with Crippen LogP contribution in [0.25, 0.3) is 0 Å². The monoisotopic (exact) mass is 463 g/mol. The first kappa shape index (κ1) is 17.3. The number of carboxylic acids is 1. The minimum absolute atomic E-state index is 0.134. The van der Waals surface area contributed by atoms with Crippen LogP contribution in [0.4, 0.5) is 23.3 Å². The molecule has 0 radical (unpaired) electrons. The number of carbonyl (C=O) groups is 1. The molecule has 3 rings (SSSR count). The van der Waals surface area contributed by atoms with Gasteiger partial charge in [-0.1, -0.05) is 31.9 Å². The molecule has 0 atom stereocenters. The third-order valence-corrected chi connectivity index (χ3v) is 4.08. The highest BCUT2D eigenvalue weighted by atomic mass is 79.9. The van der Waals surface area contributed by atoms with E-state index in [4.69, 9.17) is 0 Å². The zero-order valence-electron chi connectivity index (χ0n) is 12.6. The number of aromatic nitrogens is 3. The molecule has 126 valence electrons. The van der Waals surface area contributed by atoms with Gasteiger partial charge in [-0.25, -0.2) is 4.79 Å². The van der Waals surface area contributed by atoms with Crippen LogP contribution < -0.4 is 10.6 Å². The second kappa shape index (κ2) is 7.58. The number of benzene rings is 2. The molecule has 0 saturated carbocycles. The van der Waals surface area contributed by atoms with Gasteiger partial charge >= 0.3 is 5.97 Å². The number of nitrogens with one attached hydrogen (secondary N) is 2. The first-order chi connectivity index (χ1) is 12.0. The van der Waals surface area contributed by atoms with Crippen molar-refractivity contribution in [1.82, 2.24) is 15.0 Å². The zero-order valence-corrected chi connectivity index (χ0v) is 15.7. The molecular weight excluding hydrogens is 454 g/mol. The van der Waals surface area contributed by atoms with Gasteiger partial charge in [0.05, 0.1) is 0 Å². The fourth-order valence-electron chi connectivity index (χ4n) is 1.91. The summed E-state index contributed by atoms with van der Waals surface area (Å²) in [6.45, 7) is 0. The third-order valence-electron chi connectivity index (χ3n) is 3.03. The van der Waals surface area contributed by atoms with Crippen LogP contribution in [0.2, 0.25) is 0 Å². The molecule has 9 heteroatoms. The smallest absolute Gasteiger partial charge is 0.374 e. The maximum absolute atomic E-state index is 11.3. The lowest BCUT2D eigenvalue weighted by molar-refractivity contribution is 0.0683. The van der Waals surface area contributed by atoms with Gasteiger partial charge in [-0.3, -0.25) is 0 Å². The van der Waals surface area contributed by atoms with Crippen LogP contribution in [0.3, 0.4) is 0 Å². The molecule has 3 aromatic rings. The van der Waals surface area contributed by atoms with Gasteiger partial charge in [-0.2, -0.15) is 15.0 Å². The number of carboxylic acid groups (broad SMARTS) is 1. The number of rotatable bonds is 5. The van der Waals surface area contributed by atoms with Crippen molar-refractivity contribution < 1.29 is 9.90 Å². The molecule has 3 N–H and O–H groups in total. The van der Waals surface area contributed by atoms with E-state index in [9.17, 15) is 9.90 Å². The van der Waals surface area contributed by atoms with Gasteiger partial charge in [0, 0.05) is 20.3 Å². The molecule has 7 nitrogen and oxygen atoms in total. The Hall–Kier alpha value is -2.52. The number of anilines is 4. The Morgan fingerprint density at radius 2 is 1.16 bits per heavy atom. The molecular formula is C16H11Br2N5O2. The quantitative estimate of drug-likeness (QED) is 0.507. The normalized spacial score (nSPS) is 10.3. The van der Waals surface area contributed by atoms with Crippen molar-refractivity contribution in [2.45, 2.75) is 0 Å². The lowest BCUT2D eigenvalue weighted by Gasteiger charge is -2.09. The first-order valence-electron chi connectivity index (χ1n) is 7.04. The molecule has 0 unspecified atom stereocenters. The van der Waals surface area contributed by atoms with Gasteiger partial charge < -0.3 is 15.7 Å². The van der Waals surface area contributed by atoms with Crippen molar-refractivity contribution in [3.8, 4) is 0 Å². The molecule has 1 heterocycles. The molecule has 0 bridgehead atoms. The molecule has 0 spiro atoms. The molecule has 2 aromatic carbocycles. The average Bonchev–Trinajstić information content (AvgIpc) is 2.59. The predicted octanol–water partition coefficient (Wildman–Crippen LogP) is 4.58. The number of nitrogens with zero attached hydrogens (tertiary/aromatic N) is 3. The van der Waals surface area contributed by atoms with Gasteiger partial charge in [-0.05, 0) is 48.5 Å². The second-order valence-corrected chi connectivity index (χ2v) is 6.71. The molecule has 0 fully saturated rings. The van der Waals surface area contributed by atoms with Gasteiger partial charge in [0.1, 0.15) is 0 Å². The fourth-order valence-corrected chi connectivity index (χ4v) is 2.44. The predicted molar refractivity (Wildman–Crippen MR) is 102 cm³/mol. The summed E-state index contributed by atoms with van der Waals surface area (Å²) in [5.41, 5.74) is 1.45. The molecule has 0 aliphatic rings. The summed E-state index contributed by atoms with van der Waals surface area (Å²) in [5, 5.41) is 15.2. The largest absolute Gasteiger partial charge is 0.475 e. The number of hydrogen-bond acceptors (Lipinski definition) is 6. The van der Waals surface area contributed by atoms with Gasteiger partial charge in [0.2, 0.25) is 17.7 Å². The second-order valence-electron chi connectivity index (χ2n) is 4.88. The van der Waals surface area contributed by atoms with Crippen LogP contribution in [0, 0.1) is 0 Å². The van der Waals surface area contributed by atoms with E-state index in [1.54, 1.807) is 0 Å². The minimum Gasteiger partial charge on any atom is -0.475 e. The number of halogens is 2. The zero-order chi connectivity index (χ0) is 17.8. The Morgan fingerprint density at radius 1 is 0.760 bits per heavy atom. The Kier molecular flexibility index (Phi) is 5.25. The summed E-state index contributed by atoms with van der Waals surface area (Å²) in [4.78, 5) is 23.3. The lowest BCUT2D eigenvalue weighted by Crippen LogP contribution is -2.11. The topological polar surface area (TPSA) is 100 Å². The molecule has 0 saturated heterocycles. The average molecular weight is 465 g/mol. The highest BCUT2D eigenvalue weighted by molar-refractivity contribution is 9.10. The summed E-state index contributed by atoms with van der Waals surface area (Å²) < 4.78 is 1.86. The minimum atomic E-state index is -1.24. The standard InChI is InChI=1S/C16H11Br2N5O2/c17-9-1-5-11(6-2-9)19-15-21-13(14(24)25)22-16(23-15)20-12-7-3-10(18)4-8-12/h1-8H,(H,24,25)(H2,19,20,21,22,23). The van der Waals surface area contributed by atoms with Crippen LogP contribution in [0.5, 0.6) is 0 Å². The van der Waals surface area contributed by atoms with Gasteiger partial charge in [0.15, 0.2) is 0 Å². The van der Waals surface area contributed by atoms with Crippen LogP contribution in [-0.4, -0.2) is 26.0 Å². The summed E-state index contributed by atoms with van der Waals surface area (Å²) in [6, 6.07) is 14.7. The third kappa shape index (κ3) is 4.74. The van der Waals surface area contributed by atoms with E-state index in [1.807, 2.05) is 48.5 Å². The van der Waals surface area contributed by atoms with Crippen molar-refractivity contribution in [2.24, 2.45) is 0 Å². The maximum Gasteiger partial charge on any atom is 0.374 e. The Balaban J connectivity index is 1.89. The molecule has 25 heavy (non-hydrogen) atoms. The van der Waals surface area contributed by atoms with E-state index in [0.29, 0.717) is 0 Å². The Labute approximate surface area is 159 Å². The van der Waals surface area contributed by atoms with Crippen molar-refractivity contribution in [3.05, 3.63) is 63.3 Å². The van der Waals surface area contributed by atoms with Gasteiger partial charge in [-0.15, -0.1) is 0 Å². The van der Waals surface area contributed by atoms with Crippen LogP contribution in [0.15, 0.2) is 57.5 Å². The SMILES string of the molecule is O=C(O)c1nc(Nc2ccc(Br)cc2)nc(Nc2ccc(Br)cc2)n1. The van der Waals surface area contributed by atoms with Crippen LogP contribution in [-0.2, 0) is 0 Å². The highest BCUT2D eigenvalue weighted by Crippen LogP contribution is 2.20. The number of aromatic carboxylic acids is 1. The maximum atomic E-state index is 11.3. The van der Waals surface area contributed by atoms with E-state index in [2.05, 4.69) is 57.4 Å². The molecule has 0 aliphatic heterocycles. The van der Waals surface area contributed by atoms with Crippen molar-refractivity contribution in [1.29, 1.82) is 0 Å². The fraction of sp³-hybridized carbons (Fsp3) is 0. The number of hydrogen-bond donors (Lipinski definition) is 3. The summed E-state index contributed by atoms with van der Waals surface area (Å²) in [7, 11) is 0. The van der Waals surface area contributed by atoms with E-state index >= 15 is 0 Å². The van der Waals surface area contributed by atoms with E-state index in [-0.39, 0.29) is 17.7 Å². The van der Waals surface area contributed by atoms with Gasteiger partial charge in [0.25, 0.3) is 0 Å². The van der Waals surface area contributed by atoms with Crippen LogP contribution >= 0.6 is 31.9 Å². The van der Waals surface area contributed by atoms with E-state index < -0.39 is 5.97 Å². The Morgan fingerprint density at radius 3 is 1.52 bits per heavy atom. The molecule has 0 aliphatic carbocycles. The molecule has 1 aromatic heterocycles. The van der Waals surface area contributed by atoms with Crippen molar-refractivity contribution in [2.75, 3.05) is 10.6 Å². The summed E-state index contributed by atoms with van der Waals surface area (Å²) >= 11 is 6.71. The Bertz CT molecular complexity index is 836. The van der Waals surface area contributed by atoms with Crippen molar-refractivity contribution >= 4 is 61.1 Å². The summed E-state index contributed by atoms with van der Waals surface area (Å²) in [5.74, 6) is -1.32. The van der Waals surface area contributed by atoms with E-state index in [1.165, 1.54) is 0 Å². The lowest BCUT2D eigenvalue weighted by atomic mass is 10.3. The summed E-state index contributed by atoms with van der Waals surface area (Å²) in [6.07, 6.45) is 0. The van der Waals surface area contributed by atoms with Crippen molar-refractivity contribution in [3.63, 3.8) is 0 Å². The van der Waals surface area contributed by atoms with Crippen LogP contribution in [0.1, 0.15) is 10.6 Å². The molecule has 0 amide bonds.